The molecular weight excluding hydrogens is 680 g/mol. The highest BCUT2D eigenvalue weighted by Gasteiger charge is 2.38. The lowest BCUT2D eigenvalue weighted by molar-refractivity contribution is -0.192. The normalized spacial score (nSPS) is 13.9. The molecule has 3 N–H and O–H groups in total. The van der Waals surface area contributed by atoms with Crippen LogP contribution in [-0.2, 0) is 29.6 Å². The van der Waals surface area contributed by atoms with E-state index in [0.717, 1.165) is 29.8 Å². The molecule has 1 fully saturated rings. The topological polar surface area (TPSA) is 151 Å². The van der Waals surface area contributed by atoms with Gasteiger partial charge in [-0.05, 0) is 73.5 Å². The first kappa shape index (κ1) is 36.2. The summed E-state index contributed by atoms with van der Waals surface area (Å²) >= 11 is 12.2. The number of halogens is 5. The fourth-order valence-electron chi connectivity index (χ4n) is 5.18. The second-order valence-corrected chi connectivity index (χ2v) is 11.8. The van der Waals surface area contributed by atoms with E-state index in [2.05, 4.69) is 10.2 Å². The molecule has 0 radical (unpaired) electrons. The number of nitrogens with one attached hydrogen (secondary N) is 1. The minimum absolute atomic E-state index is 0.00729. The minimum atomic E-state index is -5.08. The molecule has 1 amide bonds. The third kappa shape index (κ3) is 8.43. The van der Waals surface area contributed by atoms with Crippen molar-refractivity contribution in [2.75, 3.05) is 13.1 Å². The van der Waals surface area contributed by atoms with Crippen LogP contribution in [0.25, 0.3) is 16.6 Å². The van der Waals surface area contributed by atoms with Gasteiger partial charge >= 0.3 is 23.8 Å². The van der Waals surface area contributed by atoms with Crippen LogP contribution >= 0.6 is 23.2 Å². The Morgan fingerprint density at radius 3 is 2.02 bits per heavy atom. The van der Waals surface area contributed by atoms with Crippen molar-refractivity contribution in [1.29, 1.82) is 0 Å². The van der Waals surface area contributed by atoms with E-state index >= 15 is 0 Å². The minimum Gasteiger partial charge on any atom is -0.480 e. The summed E-state index contributed by atoms with van der Waals surface area (Å²) < 4.78 is 34.3. The van der Waals surface area contributed by atoms with Crippen LogP contribution in [0, 0.1) is 0 Å². The Kier molecular flexibility index (Phi) is 11.3. The highest BCUT2D eigenvalue weighted by atomic mass is 35.5. The van der Waals surface area contributed by atoms with Gasteiger partial charge in [-0.25, -0.2) is 19.0 Å². The number of nitrogens with zero attached hydrogens (tertiary/aromatic N) is 3. The molecule has 0 bridgehead atoms. The number of rotatable bonds is 8. The molecule has 0 aliphatic carbocycles. The number of hydrogen-bond donors (Lipinski definition) is 3. The maximum absolute atomic E-state index is 13.4. The standard InChI is InChI=1S/C30H28Cl2N4O5.C2HF3O2/c1-34-25-16-19(17-35-13-2-3-14-35)9-12-21(25)28(38)36(30(34)41)20-10-7-18(8-11-20)15-24(29(39)40)33-27(37)26-22(31)5-4-6-23(26)32;3-2(4,5)1(6)7/h4-12,16,24H,2-3,13-15,17H2,1H3,(H,33,37)(H,39,40);(H,6,7)/t24-;/m0./s1. The van der Waals surface area contributed by atoms with Crippen molar-refractivity contribution >= 4 is 52.0 Å². The molecule has 3 aromatic carbocycles. The number of carboxylic acids is 2. The smallest absolute Gasteiger partial charge is 0.480 e. The zero-order chi connectivity index (χ0) is 35.3. The second-order valence-electron chi connectivity index (χ2n) is 11.0. The number of aryl methyl sites for hydroxylation is 1. The van der Waals surface area contributed by atoms with E-state index in [9.17, 15) is 37.5 Å². The number of aliphatic carboxylic acids is 2. The van der Waals surface area contributed by atoms with Crippen molar-refractivity contribution in [1.82, 2.24) is 19.4 Å². The zero-order valence-corrected chi connectivity index (χ0v) is 26.8. The Balaban J connectivity index is 0.000000671. The third-order valence-corrected chi connectivity index (χ3v) is 8.24. The van der Waals surface area contributed by atoms with Gasteiger partial charge in [0.15, 0.2) is 0 Å². The lowest BCUT2D eigenvalue weighted by Gasteiger charge is -2.17. The van der Waals surface area contributed by atoms with E-state index in [1.54, 1.807) is 43.4 Å². The Labute approximate surface area is 280 Å². The predicted molar refractivity (Wildman–Crippen MR) is 172 cm³/mol. The summed E-state index contributed by atoms with van der Waals surface area (Å²) in [7, 11) is 1.64. The van der Waals surface area contributed by atoms with Crippen LogP contribution in [0.4, 0.5) is 13.2 Å². The number of benzene rings is 3. The fraction of sp³-hybridized carbons (Fsp3) is 0.281. The number of fused-ring (bicyclic) bond motifs is 1. The summed E-state index contributed by atoms with van der Waals surface area (Å²) in [6.07, 6.45) is -2.77. The average Bonchev–Trinajstić information content (AvgIpc) is 3.53. The van der Waals surface area contributed by atoms with E-state index in [0.29, 0.717) is 22.2 Å². The largest absolute Gasteiger partial charge is 0.490 e. The summed E-state index contributed by atoms with van der Waals surface area (Å²) in [4.78, 5) is 62.6. The maximum Gasteiger partial charge on any atom is 0.490 e. The maximum atomic E-state index is 13.4. The van der Waals surface area contributed by atoms with E-state index in [4.69, 9.17) is 33.1 Å². The zero-order valence-electron chi connectivity index (χ0n) is 25.3. The Morgan fingerprint density at radius 2 is 1.48 bits per heavy atom. The number of carbonyl (C=O) groups is 3. The van der Waals surface area contributed by atoms with Crippen molar-refractivity contribution in [3.05, 3.63) is 108 Å². The van der Waals surface area contributed by atoms with E-state index in [1.165, 1.54) is 29.5 Å². The molecule has 0 unspecified atom stereocenters. The summed E-state index contributed by atoms with van der Waals surface area (Å²) in [6.45, 7) is 2.87. The van der Waals surface area contributed by atoms with Gasteiger partial charge < -0.3 is 15.5 Å². The summed E-state index contributed by atoms with van der Waals surface area (Å²) in [5.74, 6) is -4.71. The van der Waals surface area contributed by atoms with Crippen LogP contribution in [-0.4, -0.2) is 67.4 Å². The number of carbonyl (C=O) groups excluding carboxylic acids is 1. The number of carboxylic acid groups (broad SMARTS) is 2. The van der Waals surface area contributed by atoms with Crippen molar-refractivity contribution in [3.8, 4) is 5.69 Å². The van der Waals surface area contributed by atoms with Crippen molar-refractivity contribution in [2.45, 2.75) is 38.0 Å². The highest BCUT2D eigenvalue weighted by Crippen LogP contribution is 2.24. The molecule has 0 saturated carbocycles. The molecule has 254 valence electrons. The van der Waals surface area contributed by atoms with Crippen molar-refractivity contribution in [3.63, 3.8) is 0 Å². The molecule has 1 saturated heterocycles. The molecule has 1 aliphatic rings. The molecule has 48 heavy (non-hydrogen) atoms. The number of likely N-dealkylation sites (tertiary alicyclic amines) is 1. The molecule has 16 heteroatoms. The van der Waals surface area contributed by atoms with Gasteiger partial charge in [-0.3, -0.25) is 19.1 Å². The van der Waals surface area contributed by atoms with Crippen molar-refractivity contribution in [2.24, 2.45) is 7.05 Å². The monoisotopic (exact) mass is 708 g/mol. The van der Waals surface area contributed by atoms with Crippen LogP contribution in [0.1, 0.15) is 34.3 Å². The summed E-state index contributed by atoms with van der Waals surface area (Å²) in [5.41, 5.74) is 1.62. The molecular formula is C32H29Cl2F3N4O7. The molecule has 2 heterocycles. The van der Waals surface area contributed by atoms with Gasteiger partial charge in [-0.1, -0.05) is 47.5 Å². The van der Waals surface area contributed by atoms with E-state index in [1.807, 2.05) is 12.1 Å². The van der Waals surface area contributed by atoms with Crippen LogP contribution < -0.4 is 16.6 Å². The molecule has 4 aromatic rings. The number of aromatic nitrogens is 2. The third-order valence-electron chi connectivity index (χ3n) is 7.61. The van der Waals surface area contributed by atoms with Crippen molar-refractivity contribution < 1.29 is 37.8 Å². The van der Waals surface area contributed by atoms with E-state index < -0.39 is 41.3 Å². The Morgan fingerprint density at radius 1 is 0.917 bits per heavy atom. The van der Waals surface area contributed by atoms with Gasteiger partial charge in [0.1, 0.15) is 6.04 Å². The first-order valence-electron chi connectivity index (χ1n) is 14.4. The van der Waals surface area contributed by atoms with Gasteiger partial charge in [-0.2, -0.15) is 13.2 Å². The molecule has 1 aromatic heterocycles. The number of hydrogen-bond acceptors (Lipinski definition) is 6. The fourth-order valence-corrected chi connectivity index (χ4v) is 5.75. The lowest BCUT2D eigenvalue weighted by Crippen LogP contribution is -2.42. The van der Waals surface area contributed by atoms with Crippen LogP contribution in [0.15, 0.2) is 70.3 Å². The quantitative estimate of drug-likeness (QED) is 0.239. The summed E-state index contributed by atoms with van der Waals surface area (Å²) in [5, 5.41) is 20.0. The second kappa shape index (κ2) is 15.0. The van der Waals surface area contributed by atoms with Crippen LogP contribution in [0.5, 0.6) is 0 Å². The molecule has 1 aliphatic heterocycles. The SMILES string of the molecule is Cn1c(=O)n(-c2ccc(C[C@H](NC(=O)c3c(Cl)cccc3Cl)C(=O)O)cc2)c(=O)c2ccc(CN3CCCC3)cc21.O=C(O)C(F)(F)F. The Bertz CT molecular complexity index is 1950. The van der Waals surface area contributed by atoms with Gasteiger partial charge in [0.25, 0.3) is 11.5 Å². The summed E-state index contributed by atoms with van der Waals surface area (Å²) in [6, 6.07) is 15.3. The average molecular weight is 710 g/mol. The molecule has 5 rings (SSSR count). The number of alkyl halides is 3. The van der Waals surface area contributed by atoms with Gasteiger partial charge in [-0.15, -0.1) is 0 Å². The van der Waals surface area contributed by atoms with E-state index in [-0.39, 0.29) is 22.0 Å². The van der Waals surface area contributed by atoms with Gasteiger partial charge in [0.05, 0.1) is 32.2 Å². The van der Waals surface area contributed by atoms with Crippen LogP contribution in [0.2, 0.25) is 10.0 Å². The van der Waals surface area contributed by atoms with Gasteiger partial charge in [0.2, 0.25) is 0 Å². The lowest BCUT2D eigenvalue weighted by atomic mass is 10.0. The molecule has 11 nitrogen and oxygen atoms in total. The Hall–Kier alpha value is -4.66. The highest BCUT2D eigenvalue weighted by molar-refractivity contribution is 6.39. The first-order chi connectivity index (χ1) is 22.6. The van der Waals surface area contributed by atoms with Crippen LogP contribution in [0.3, 0.4) is 0 Å². The molecule has 1 atom stereocenters. The first-order valence-corrected chi connectivity index (χ1v) is 15.2. The number of amides is 1. The van der Waals surface area contributed by atoms with Gasteiger partial charge in [0, 0.05) is 20.0 Å². The predicted octanol–water partition coefficient (Wildman–Crippen LogP) is 4.65. The molecule has 0 spiro atoms.